The number of aryl methyl sites for hydroxylation is 1. The lowest BCUT2D eigenvalue weighted by Crippen LogP contribution is -2.39. The van der Waals surface area contributed by atoms with Gasteiger partial charge in [-0.2, -0.15) is 5.10 Å². The molecule has 0 aromatic carbocycles. The third kappa shape index (κ3) is 4.20. The lowest BCUT2D eigenvalue weighted by molar-refractivity contribution is -0.133. The van der Waals surface area contributed by atoms with Crippen molar-refractivity contribution < 1.29 is 9.90 Å². The Bertz CT molecular complexity index is 589. The maximum absolute atomic E-state index is 12.3. The van der Waals surface area contributed by atoms with Gasteiger partial charge in [-0.25, -0.2) is 0 Å². The molecule has 0 spiro atoms. The average Bonchev–Trinajstić information content (AvgIpc) is 3.28. The van der Waals surface area contributed by atoms with Crippen LogP contribution in [0.3, 0.4) is 0 Å². The molecule has 1 aliphatic rings. The van der Waals surface area contributed by atoms with E-state index >= 15 is 0 Å². The second-order valence-corrected chi connectivity index (χ2v) is 7.12. The first-order valence-corrected chi connectivity index (χ1v) is 9.09. The maximum atomic E-state index is 12.3. The average molecular weight is 333 g/mol. The Morgan fingerprint density at radius 2 is 2.30 bits per heavy atom. The summed E-state index contributed by atoms with van der Waals surface area (Å²) in [4.78, 5) is 15.3. The lowest BCUT2D eigenvalue weighted by Gasteiger charge is -2.34. The van der Waals surface area contributed by atoms with Crippen molar-refractivity contribution >= 4 is 17.2 Å². The topological polar surface area (TPSA) is 69.2 Å². The van der Waals surface area contributed by atoms with Gasteiger partial charge in [0.2, 0.25) is 5.91 Å². The molecule has 0 saturated carbocycles. The zero-order chi connectivity index (χ0) is 16.1. The van der Waals surface area contributed by atoms with E-state index in [1.54, 1.807) is 11.3 Å². The molecular weight excluding hydrogens is 310 g/mol. The number of nitrogens with zero attached hydrogens (tertiary/aromatic N) is 2. The van der Waals surface area contributed by atoms with Crippen LogP contribution in [0.2, 0.25) is 0 Å². The molecule has 6 heteroatoms. The minimum atomic E-state index is -0.381. The number of hydrogen-bond donors (Lipinski definition) is 2. The van der Waals surface area contributed by atoms with Crippen LogP contribution in [0.15, 0.2) is 29.9 Å². The molecule has 0 unspecified atom stereocenters. The standard InChI is InChI=1S/C17H23N3O2S/c21-16(5-1-3-13-11-18-19-12-13)20-8-6-14(7-9-20)17(22)15-4-2-10-23-15/h2,4,10-12,14,17,22H,1,3,5-9H2,(H,18,19)/t17-/m0/s1. The van der Waals surface area contributed by atoms with Crippen molar-refractivity contribution in [3.8, 4) is 0 Å². The number of H-pyrrole nitrogens is 1. The number of nitrogens with one attached hydrogen (secondary N) is 1. The first-order valence-electron chi connectivity index (χ1n) is 8.21. The number of thiophene rings is 1. The summed E-state index contributed by atoms with van der Waals surface area (Å²) < 4.78 is 0. The number of aliphatic hydroxyl groups excluding tert-OH is 1. The molecule has 1 atom stereocenters. The Balaban J connectivity index is 1.40. The molecule has 2 N–H and O–H groups in total. The quantitative estimate of drug-likeness (QED) is 0.854. The second kappa shape index (κ2) is 7.75. The Morgan fingerprint density at radius 1 is 1.48 bits per heavy atom. The van der Waals surface area contributed by atoms with E-state index in [0.29, 0.717) is 6.42 Å². The van der Waals surface area contributed by atoms with E-state index in [0.717, 1.165) is 49.2 Å². The largest absolute Gasteiger partial charge is 0.387 e. The lowest BCUT2D eigenvalue weighted by atomic mass is 9.90. The Morgan fingerprint density at radius 3 is 2.96 bits per heavy atom. The van der Waals surface area contributed by atoms with Crippen LogP contribution in [-0.2, 0) is 11.2 Å². The van der Waals surface area contributed by atoms with Crippen molar-refractivity contribution in [3.05, 3.63) is 40.3 Å². The number of aromatic nitrogens is 2. The number of carbonyl (C=O) groups excluding carboxylic acids is 1. The van der Waals surface area contributed by atoms with E-state index in [1.165, 1.54) is 0 Å². The van der Waals surface area contributed by atoms with Crippen LogP contribution in [0.25, 0.3) is 0 Å². The van der Waals surface area contributed by atoms with E-state index in [1.807, 2.05) is 34.8 Å². The fourth-order valence-corrected chi connectivity index (χ4v) is 3.98. The van der Waals surface area contributed by atoms with Gasteiger partial charge >= 0.3 is 0 Å². The fourth-order valence-electron chi connectivity index (χ4n) is 3.17. The minimum absolute atomic E-state index is 0.234. The zero-order valence-corrected chi connectivity index (χ0v) is 14.0. The molecule has 5 nitrogen and oxygen atoms in total. The van der Waals surface area contributed by atoms with Gasteiger partial charge in [-0.1, -0.05) is 6.07 Å². The highest BCUT2D eigenvalue weighted by molar-refractivity contribution is 7.10. The van der Waals surface area contributed by atoms with Crippen LogP contribution in [0, 0.1) is 5.92 Å². The molecule has 1 amide bonds. The van der Waals surface area contributed by atoms with Gasteiger partial charge in [-0.3, -0.25) is 9.89 Å². The van der Waals surface area contributed by atoms with Crippen molar-refractivity contribution in [2.45, 2.75) is 38.2 Å². The van der Waals surface area contributed by atoms with Crippen LogP contribution >= 0.6 is 11.3 Å². The van der Waals surface area contributed by atoms with Gasteiger partial charge in [0.25, 0.3) is 0 Å². The van der Waals surface area contributed by atoms with E-state index in [-0.39, 0.29) is 17.9 Å². The molecule has 0 bridgehead atoms. The van der Waals surface area contributed by atoms with Crippen molar-refractivity contribution in [3.63, 3.8) is 0 Å². The zero-order valence-electron chi connectivity index (χ0n) is 13.1. The molecule has 3 heterocycles. The second-order valence-electron chi connectivity index (χ2n) is 6.14. The summed E-state index contributed by atoms with van der Waals surface area (Å²) in [5, 5.41) is 19.1. The number of likely N-dealkylation sites (tertiary alicyclic amines) is 1. The Labute approximate surface area is 140 Å². The highest BCUT2D eigenvalue weighted by atomic mass is 32.1. The molecule has 3 rings (SSSR count). The molecule has 23 heavy (non-hydrogen) atoms. The van der Waals surface area contributed by atoms with Crippen LogP contribution in [0.5, 0.6) is 0 Å². The van der Waals surface area contributed by atoms with Gasteiger partial charge in [-0.15, -0.1) is 11.3 Å². The van der Waals surface area contributed by atoms with Crippen LogP contribution in [-0.4, -0.2) is 39.2 Å². The number of hydrogen-bond acceptors (Lipinski definition) is 4. The number of aromatic amines is 1. The van der Waals surface area contributed by atoms with Gasteiger partial charge in [0.1, 0.15) is 0 Å². The van der Waals surface area contributed by atoms with Gasteiger partial charge < -0.3 is 10.0 Å². The first kappa shape index (κ1) is 16.2. The molecule has 1 aliphatic heterocycles. The summed E-state index contributed by atoms with van der Waals surface area (Å²) in [6.45, 7) is 1.52. The highest BCUT2D eigenvalue weighted by Gasteiger charge is 2.28. The van der Waals surface area contributed by atoms with Gasteiger partial charge in [-0.05, 0) is 48.6 Å². The monoisotopic (exact) mass is 333 g/mol. The predicted octanol–water partition coefficient (Wildman–Crippen LogP) is 2.77. The van der Waals surface area contributed by atoms with Crippen LogP contribution in [0.1, 0.15) is 42.2 Å². The summed E-state index contributed by atoms with van der Waals surface area (Å²) in [5.41, 5.74) is 1.15. The van der Waals surface area contributed by atoms with Gasteiger partial charge in [0.15, 0.2) is 0 Å². The molecular formula is C17H23N3O2S. The first-order chi connectivity index (χ1) is 11.2. The summed E-state index contributed by atoms with van der Waals surface area (Å²) in [6.07, 6.45) is 7.39. The molecule has 124 valence electrons. The molecule has 2 aromatic rings. The maximum Gasteiger partial charge on any atom is 0.222 e. The number of amides is 1. The third-order valence-corrected chi connectivity index (χ3v) is 5.53. The third-order valence-electron chi connectivity index (χ3n) is 4.58. The number of carbonyl (C=O) groups is 1. The van der Waals surface area contributed by atoms with Crippen molar-refractivity contribution in [1.82, 2.24) is 15.1 Å². The smallest absolute Gasteiger partial charge is 0.222 e. The van der Waals surface area contributed by atoms with Crippen LogP contribution in [0.4, 0.5) is 0 Å². The molecule has 0 radical (unpaired) electrons. The summed E-state index contributed by atoms with van der Waals surface area (Å²) in [5.74, 6) is 0.501. The van der Waals surface area contributed by atoms with Gasteiger partial charge in [0.05, 0.1) is 12.3 Å². The molecule has 0 aliphatic carbocycles. The molecule has 2 aromatic heterocycles. The Kier molecular flexibility index (Phi) is 5.46. The summed E-state index contributed by atoms with van der Waals surface area (Å²) >= 11 is 1.60. The SMILES string of the molecule is O=C(CCCc1cn[nH]c1)N1CCC([C@H](O)c2cccs2)CC1. The van der Waals surface area contributed by atoms with Gasteiger partial charge in [0, 0.05) is 30.6 Å². The highest BCUT2D eigenvalue weighted by Crippen LogP contribution is 2.33. The number of rotatable bonds is 6. The predicted molar refractivity (Wildman–Crippen MR) is 90.1 cm³/mol. The van der Waals surface area contributed by atoms with Crippen LogP contribution < -0.4 is 0 Å². The Hall–Kier alpha value is -1.66. The molecule has 1 saturated heterocycles. The normalized spacial score (nSPS) is 17.3. The minimum Gasteiger partial charge on any atom is -0.387 e. The number of piperidine rings is 1. The number of aliphatic hydroxyl groups is 1. The van der Waals surface area contributed by atoms with E-state index in [4.69, 9.17) is 0 Å². The van der Waals surface area contributed by atoms with E-state index in [2.05, 4.69) is 10.2 Å². The van der Waals surface area contributed by atoms with E-state index < -0.39 is 0 Å². The van der Waals surface area contributed by atoms with Crippen molar-refractivity contribution in [2.75, 3.05) is 13.1 Å². The fraction of sp³-hybridized carbons (Fsp3) is 0.529. The van der Waals surface area contributed by atoms with E-state index in [9.17, 15) is 9.90 Å². The summed E-state index contributed by atoms with van der Waals surface area (Å²) in [7, 11) is 0. The summed E-state index contributed by atoms with van der Waals surface area (Å²) in [6, 6.07) is 3.96. The van der Waals surface area contributed by atoms with Crippen molar-refractivity contribution in [2.24, 2.45) is 5.92 Å². The van der Waals surface area contributed by atoms with Crippen molar-refractivity contribution in [1.29, 1.82) is 0 Å². The molecule has 1 fully saturated rings.